The molecule has 2 heterocycles. The molecule has 1 aliphatic heterocycles. The molecule has 2 aliphatic rings. The summed E-state index contributed by atoms with van der Waals surface area (Å²) in [6.07, 6.45) is 2.29. The first-order valence-electron chi connectivity index (χ1n) is 7.96. The molecule has 1 saturated carbocycles. The molecule has 6 nitrogen and oxygen atoms in total. The maximum Gasteiger partial charge on any atom is 0.318 e. The summed E-state index contributed by atoms with van der Waals surface area (Å²) < 4.78 is 3.00. The zero-order valence-corrected chi connectivity index (χ0v) is 15.4. The molecule has 0 radical (unpaired) electrons. The molecule has 3 rings (SSSR count). The number of aromatic nitrogens is 1. The van der Waals surface area contributed by atoms with Gasteiger partial charge in [0.1, 0.15) is 0 Å². The summed E-state index contributed by atoms with van der Waals surface area (Å²) in [5, 5.41) is 2.97. The highest BCUT2D eigenvalue weighted by Crippen LogP contribution is 2.46. The minimum atomic E-state index is -0.439. The predicted octanol–water partition coefficient (Wildman–Crippen LogP) is 2.55. The van der Waals surface area contributed by atoms with Crippen LogP contribution in [0, 0.1) is 0 Å². The van der Waals surface area contributed by atoms with E-state index in [9.17, 15) is 9.59 Å². The lowest BCUT2D eigenvalue weighted by atomic mass is 10.1. The molecular weight excluding hydrogens is 360 g/mol. The smallest absolute Gasteiger partial charge is 0.318 e. The summed E-state index contributed by atoms with van der Waals surface area (Å²) in [5.74, 6) is 0.0665. The predicted molar refractivity (Wildman–Crippen MR) is 91.3 cm³/mol. The van der Waals surface area contributed by atoms with Crippen molar-refractivity contribution in [3.8, 4) is 0 Å². The van der Waals surface area contributed by atoms with Gasteiger partial charge in [0.2, 0.25) is 0 Å². The van der Waals surface area contributed by atoms with Crippen molar-refractivity contribution < 1.29 is 9.59 Å². The van der Waals surface area contributed by atoms with Gasteiger partial charge in [-0.2, -0.15) is 0 Å². The molecule has 1 fully saturated rings. The van der Waals surface area contributed by atoms with Gasteiger partial charge in [0.25, 0.3) is 5.91 Å². The van der Waals surface area contributed by atoms with Crippen LogP contribution in [0.3, 0.4) is 0 Å². The van der Waals surface area contributed by atoms with Gasteiger partial charge in [-0.25, -0.2) is 4.79 Å². The largest absolute Gasteiger partial charge is 0.366 e. The first-order chi connectivity index (χ1) is 10.7. The van der Waals surface area contributed by atoms with Crippen LogP contribution in [0.5, 0.6) is 0 Å². The summed E-state index contributed by atoms with van der Waals surface area (Å²) in [6, 6.07) is -0.107. The first-order valence-corrected chi connectivity index (χ1v) is 8.76. The van der Waals surface area contributed by atoms with E-state index < -0.39 is 5.91 Å². The minimum Gasteiger partial charge on any atom is -0.366 e. The van der Waals surface area contributed by atoms with Crippen LogP contribution < -0.4 is 11.1 Å². The van der Waals surface area contributed by atoms with Crippen LogP contribution in [0.1, 0.15) is 61.3 Å². The topological polar surface area (TPSA) is 80.4 Å². The molecule has 0 bridgehead atoms. The number of carbonyl (C=O) groups excluding carboxylic acids is 2. The lowest BCUT2D eigenvalue weighted by Crippen LogP contribution is -2.50. The summed E-state index contributed by atoms with van der Waals surface area (Å²) in [6.45, 7) is 7.60. The van der Waals surface area contributed by atoms with Crippen molar-refractivity contribution in [2.75, 3.05) is 6.54 Å². The highest BCUT2D eigenvalue weighted by atomic mass is 79.9. The second kappa shape index (κ2) is 5.54. The second-order valence-electron chi connectivity index (χ2n) is 7.41. The van der Waals surface area contributed by atoms with Gasteiger partial charge in [-0.05, 0) is 49.5 Å². The fourth-order valence-electron chi connectivity index (χ4n) is 3.13. The third kappa shape index (κ3) is 3.11. The van der Waals surface area contributed by atoms with Gasteiger partial charge in [-0.15, -0.1) is 0 Å². The van der Waals surface area contributed by atoms with Crippen LogP contribution in [0.25, 0.3) is 0 Å². The number of rotatable bonds is 2. The number of urea groups is 1. The summed E-state index contributed by atoms with van der Waals surface area (Å²) in [4.78, 5) is 26.1. The highest BCUT2D eigenvalue weighted by molar-refractivity contribution is 9.10. The number of fused-ring (bicyclic) bond motifs is 1. The Hall–Kier alpha value is -1.50. The van der Waals surface area contributed by atoms with Crippen LogP contribution in [-0.4, -0.2) is 33.5 Å². The number of nitrogens with one attached hydrogen (secondary N) is 1. The summed E-state index contributed by atoms with van der Waals surface area (Å²) >= 11 is 3.57. The maximum absolute atomic E-state index is 12.4. The van der Waals surface area contributed by atoms with E-state index in [1.165, 1.54) is 5.69 Å². The number of nitrogens with zero attached hydrogens (tertiary/aromatic N) is 2. The Bertz CT molecular complexity index is 671. The molecule has 0 saturated heterocycles. The van der Waals surface area contributed by atoms with Crippen molar-refractivity contribution in [1.82, 2.24) is 14.8 Å². The van der Waals surface area contributed by atoms with E-state index in [0.29, 0.717) is 31.1 Å². The van der Waals surface area contributed by atoms with E-state index in [2.05, 4.69) is 25.8 Å². The SMILES string of the molecule is CC(C)(C)NC(=O)N1CCn2c(c(C(N)=O)c(Br)c2C2CC2)C1. The van der Waals surface area contributed by atoms with Crippen molar-refractivity contribution in [2.24, 2.45) is 5.73 Å². The Balaban J connectivity index is 1.92. The van der Waals surface area contributed by atoms with E-state index in [1.54, 1.807) is 4.90 Å². The van der Waals surface area contributed by atoms with Crippen molar-refractivity contribution in [1.29, 1.82) is 0 Å². The molecule has 7 heteroatoms. The highest BCUT2D eigenvalue weighted by Gasteiger charge is 2.37. The van der Waals surface area contributed by atoms with Gasteiger partial charge in [0.05, 0.1) is 22.3 Å². The Morgan fingerprint density at radius 2 is 1.91 bits per heavy atom. The van der Waals surface area contributed by atoms with Gasteiger partial charge in [-0.3, -0.25) is 4.79 Å². The van der Waals surface area contributed by atoms with Gasteiger partial charge in [-0.1, -0.05) is 0 Å². The van der Waals surface area contributed by atoms with Gasteiger partial charge in [0, 0.05) is 30.2 Å². The Morgan fingerprint density at radius 1 is 1.26 bits per heavy atom. The zero-order chi connectivity index (χ0) is 16.9. The number of hydrogen-bond acceptors (Lipinski definition) is 2. The van der Waals surface area contributed by atoms with Crippen molar-refractivity contribution in [3.63, 3.8) is 0 Å². The molecule has 23 heavy (non-hydrogen) atoms. The third-order valence-corrected chi connectivity index (χ3v) is 5.07. The molecule has 3 amide bonds. The number of hydrogen-bond donors (Lipinski definition) is 2. The van der Waals surface area contributed by atoms with Gasteiger partial charge >= 0.3 is 6.03 Å². The van der Waals surface area contributed by atoms with Gasteiger partial charge < -0.3 is 20.5 Å². The van der Waals surface area contributed by atoms with E-state index >= 15 is 0 Å². The molecule has 1 aromatic heterocycles. The quantitative estimate of drug-likeness (QED) is 0.823. The van der Waals surface area contributed by atoms with E-state index in [4.69, 9.17) is 5.73 Å². The van der Waals surface area contributed by atoms with Crippen LogP contribution in [0.15, 0.2) is 4.47 Å². The molecule has 3 N–H and O–H groups in total. The number of halogens is 1. The molecule has 0 spiro atoms. The van der Waals surface area contributed by atoms with Gasteiger partial charge in [0.15, 0.2) is 0 Å². The van der Waals surface area contributed by atoms with Crippen molar-refractivity contribution in [2.45, 2.75) is 58.2 Å². The monoisotopic (exact) mass is 382 g/mol. The Morgan fingerprint density at radius 3 is 2.43 bits per heavy atom. The number of nitrogens with two attached hydrogens (primary N) is 1. The average Bonchev–Trinajstić information content (AvgIpc) is 3.19. The standard InChI is InChI=1S/C16H23BrN4O2/c1-16(2,3)19-15(23)20-6-7-21-10(8-20)11(14(18)22)12(17)13(21)9-4-5-9/h9H,4-8H2,1-3H3,(H2,18,22)(H,19,23). The molecule has 126 valence electrons. The number of primary amides is 1. The Kier molecular flexibility index (Phi) is 3.94. The fourth-order valence-corrected chi connectivity index (χ4v) is 4.10. The van der Waals surface area contributed by atoms with E-state index in [0.717, 1.165) is 23.0 Å². The molecular formula is C16H23BrN4O2. The Labute approximate surface area is 144 Å². The minimum absolute atomic E-state index is 0.107. The normalized spacial score (nSPS) is 17.8. The molecule has 0 atom stereocenters. The first kappa shape index (κ1) is 16.4. The maximum atomic E-state index is 12.4. The second-order valence-corrected chi connectivity index (χ2v) is 8.21. The molecule has 0 aromatic carbocycles. The molecule has 0 unspecified atom stereocenters. The lowest BCUT2D eigenvalue weighted by molar-refractivity contribution is 0.0995. The van der Waals surface area contributed by atoms with Crippen molar-refractivity contribution >= 4 is 27.9 Å². The third-order valence-electron chi connectivity index (χ3n) is 4.26. The van der Waals surface area contributed by atoms with E-state index in [-0.39, 0.29) is 11.6 Å². The molecule has 1 aromatic rings. The van der Waals surface area contributed by atoms with Crippen LogP contribution >= 0.6 is 15.9 Å². The number of amides is 3. The van der Waals surface area contributed by atoms with Crippen LogP contribution in [-0.2, 0) is 13.1 Å². The van der Waals surface area contributed by atoms with Crippen molar-refractivity contribution in [3.05, 3.63) is 21.4 Å². The van der Waals surface area contributed by atoms with Crippen LogP contribution in [0.4, 0.5) is 4.79 Å². The summed E-state index contributed by atoms with van der Waals surface area (Å²) in [5.41, 5.74) is 7.85. The fraction of sp³-hybridized carbons (Fsp3) is 0.625. The van der Waals surface area contributed by atoms with Crippen LogP contribution in [0.2, 0.25) is 0 Å². The van der Waals surface area contributed by atoms with E-state index in [1.807, 2.05) is 20.8 Å². The lowest BCUT2D eigenvalue weighted by Gasteiger charge is -2.33. The summed E-state index contributed by atoms with van der Waals surface area (Å²) in [7, 11) is 0. The average molecular weight is 383 g/mol. The molecule has 1 aliphatic carbocycles. The number of carbonyl (C=O) groups is 2. The zero-order valence-electron chi connectivity index (χ0n) is 13.8.